The molecule has 8 nitrogen and oxygen atoms in total. The molecule has 21 rings (SSSR count). The van der Waals surface area contributed by atoms with Gasteiger partial charge in [-0.1, -0.05) is 209 Å². The number of nitrogens with zero attached hydrogens (tertiary/aromatic N) is 8. The molecule has 11 aromatic carbocycles. The van der Waals surface area contributed by atoms with E-state index < -0.39 is 0 Å². The normalized spacial score (nSPS) is 9.83. The smallest absolute Gasteiger partial charge is 0.0348 e. The van der Waals surface area contributed by atoms with E-state index in [2.05, 4.69) is 221 Å². The summed E-state index contributed by atoms with van der Waals surface area (Å²) in [5, 5.41) is 7.77. The van der Waals surface area contributed by atoms with Gasteiger partial charge in [0.05, 0.1) is 0 Å². The molecule has 0 N–H and O–H groups in total. The Bertz CT molecular complexity index is 6040. The molecule has 0 saturated carbocycles. The number of aromatic nitrogens is 8. The summed E-state index contributed by atoms with van der Waals surface area (Å²) in [6, 6.07) is 158. The van der Waals surface area contributed by atoms with Crippen molar-refractivity contribution in [3.8, 4) is 135 Å². The molecule has 14 heteroatoms. The van der Waals surface area contributed by atoms with E-state index in [0.29, 0.717) is 0 Å². The van der Waals surface area contributed by atoms with Crippen LogP contribution in [-0.4, -0.2) is 39.9 Å². The molecule has 0 aliphatic heterocycles. The second-order valence-corrected chi connectivity index (χ2v) is 28.9. The Morgan fingerprint density at radius 2 is 0.543 bits per heavy atom. The molecule has 0 aliphatic rings. The van der Waals surface area contributed by atoms with Gasteiger partial charge in [0, 0.05) is 135 Å². The van der Waals surface area contributed by atoms with E-state index in [1.807, 2.05) is 304 Å². The quantitative estimate of drug-likeness (QED) is 0.111. The van der Waals surface area contributed by atoms with Crippen LogP contribution in [0.4, 0.5) is 0 Å². The second kappa shape index (κ2) is 53.3. The van der Waals surface area contributed by atoms with E-state index in [9.17, 15) is 0 Å². The summed E-state index contributed by atoms with van der Waals surface area (Å²) >= 11 is 3.49. The zero-order valence-corrected chi connectivity index (χ0v) is 79.9. The van der Waals surface area contributed by atoms with Gasteiger partial charge in [-0.15, -0.1) is 274 Å². The third-order valence-electron chi connectivity index (χ3n) is 18.7. The maximum Gasteiger partial charge on any atom is 0.0348 e. The fourth-order valence-electron chi connectivity index (χ4n) is 12.5. The molecule has 21 aromatic rings. The number of aryl methyl sites for hydroxylation is 1. The molecule has 0 atom stereocenters. The average molecular weight is 2380 g/mol. The van der Waals surface area contributed by atoms with Gasteiger partial charge in [-0.25, -0.2) is 0 Å². The minimum Gasteiger partial charge on any atom is -0.305 e. The van der Waals surface area contributed by atoms with Crippen molar-refractivity contribution in [2.45, 2.75) is 6.92 Å². The van der Waals surface area contributed by atoms with Gasteiger partial charge in [-0.3, -0.25) is 0 Å². The Balaban J connectivity index is 0.000000152. The zero-order valence-electron chi connectivity index (χ0n) is 68.7. The predicted molar refractivity (Wildman–Crippen MR) is 508 cm³/mol. The van der Waals surface area contributed by atoms with E-state index in [0.717, 1.165) is 90.1 Å². The van der Waals surface area contributed by atoms with Crippen LogP contribution in [0.5, 0.6) is 0 Å². The van der Waals surface area contributed by atoms with Gasteiger partial charge in [0.15, 0.2) is 0 Å². The van der Waals surface area contributed by atoms with Gasteiger partial charge < -0.3 is 39.9 Å². The Kier molecular flexibility index (Phi) is 40.3. The van der Waals surface area contributed by atoms with Gasteiger partial charge in [-0.05, 0) is 146 Å². The maximum atomic E-state index is 4.41. The molecule has 0 unspecified atom stereocenters. The van der Waals surface area contributed by atoms with Gasteiger partial charge in [0.2, 0.25) is 0 Å². The van der Waals surface area contributed by atoms with Crippen molar-refractivity contribution in [3.05, 3.63) is 520 Å². The number of thiophene rings is 2. The first-order valence-corrected chi connectivity index (χ1v) is 41.7. The summed E-state index contributed by atoms with van der Waals surface area (Å²) in [5.74, 6) is 0. The van der Waals surface area contributed by atoms with Gasteiger partial charge >= 0.3 is 0 Å². The third-order valence-corrected chi connectivity index (χ3v) is 20.3. The summed E-state index contributed by atoms with van der Waals surface area (Å²) in [6.07, 6.45) is 14.4. The van der Waals surface area contributed by atoms with Crippen molar-refractivity contribution < 1.29 is 80.4 Å². The monoisotopic (exact) mass is 2380 g/mol. The van der Waals surface area contributed by atoms with Crippen LogP contribution in [-0.2, 0) is 80.4 Å². The minimum atomic E-state index is 0. The molecule has 0 bridgehead atoms. The number of fused-ring (bicyclic) bond motifs is 1. The van der Waals surface area contributed by atoms with Crippen molar-refractivity contribution in [2.24, 2.45) is 0 Å². The van der Waals surface area contributed by atoms with Gasteiger partial charge in [-0.2, -0.15) is 11.3 Å². The van der Waals surface area contributed by atoms with E-state index in [1.165, 1.54) is 60.2 Å². The minimum absolute atomic E-state index is 0. The first kappa shape index (κ1) is 96.1. The van der Waals surface area contributed by atoms with Crippen LogP contribution in [0.1, 0.15) is 5.56 Å². The van der Waals surface area contributed by atoms with Crippen LogP contribution >= 0.6 is 22.7 Å². The van der Waals surface area contributed by atoms with Crippen LogP contribution < -0.4 is 0 Å². The summed E-state index contributed by atoms with van der Waals surface area (Å²) in [7, 11) is 0. The van der Waals surface area contributed by atoms with Crippen LogP contribution in [0.25, 0.3) is 145 Å². The van der Waals surface area contributed by atoms with Crippen molar-refractivity contribution in [1.82, 2.24) is 39.9 Å². The van der Waals surface area contributed by atoms with Crippen LogP contribution in [0.3, 0.4) is 0 Å². The standard InChI is InChI=1S/C19H12NS.C18H14N.C17H12N.C15H10NS.4C11H8N.4Ir/c1-2-10-19-16(8-1)17(13-21-19)14-6-5-7-15(12-14)18-9-3-4-11-20-18;1-14-11-12-19-18(13-14)17-9-7-16(8-10-17)15-5-3-2-4-6-15;1-2-6-14(7-3-1)15-9-11-16(12-10-15)17-8-4-5-13-18-17;1-2-8-16-15(6-1)13-5-3-4-12(10-13)14-7-9-17-11-14;4*1-2-6-10(7-3-1)11-8-4-5-9-12-11;;;;/h1-6,8-13H;2-9,11-13H,1H3;1-11,13H;1-4,6-11H;4*1-6,8-9H;;;;/q8*-1;;;;. The predicted octanol–water partition coefficient (Wildman–Crippen LogP) is 28.6. The second-order valence-electron chi connectivity index (χ2n) is 27.2. The van der Waals surface area contributed by atoms with Crippen molar-refractivity contribution >= 4 is 32.8 Å². The van der Waals surface area contributed by atoms with E-state index in [-0.39, 0.29) is 80.4 Å². The van der Waals surface area contributed by atoms with Crippen LogP contribution in [0.2, 0.25) is 0 Å². The fourth-order valence-corrected chi connectivity index (χ4v) is 14.2. The third kappa shape index (κ3) is 29.8. The molecule has 127 heavy (non-hydrogen) atoms. The SMILES string of the molecule is Cc1ccnc(-c2[c-]cc(-c3ccccc3)cc2)c1.[Ir].[Ir].[Ir].[Ir].[c-]1cc(-c2ccccc2)ccc1-c1ccccn1.[c-]1ccc(-c2ccsc2)cc1-c1ccccn1.[c-]1ccc(-c2csc3ccccc23)cc1-c1ccccn1.[c-]1ccccc1-c1ccccn1.[c-]1ccccc1-c1ccccn1.[c-]1ccccc1-c1ccccn1.[c-]1ccccc1-c1ccccn1. The first-order valence-electron chi connectivity index (χ1n) is 39.8. The van der Waals surface area contributed by atoms with Gasteiger partial charge in [0.25, 0.3) is 0 Å². The number of pyridine rings is 8. The number of hydrogen-bond acceptors (Lipinski definition) is 10. The summed E-state index contributed by atoms with van der Waals surface area (Å²) < 4.78 is 1.32. The topological polar surface area (TPSA) is 103 Å². The Labute approximate surface area is 807 Å². The molecule has 0 fully saturated rings. The van der Waals surface area contributed by atoms with Crippen molar-refractivity contribution in [1.29, 1.82) is 0 Å². The molecule has 628 valence electrons. The molecular formula is C113H80Ir4N8S2-8. The first-order chi connectivity index (χ1) is 61.0. The Hall–Kier alpha value is -13.1. The van der Waals surface area contributed by atoms with Crippen LogP contribution in [0.15, 0.2) is 466 Å². The number of rotatable bonds is 12. The van der Waals surface area contributed by atoms with Crippen molar-refractivity contribution in [2.75, 3.05) is 0 Å². The Morgan fingerprint density at radius 1 is 0.213 bits per heavy atom. The van der Waals surface area contributed by atoms with E-state index >= 15 is 0 Å². The number of hydrogen-bond donors (Lipinski definition) is 0. The summed E-state index contributed by atoms with van der Waals surface area (Å²) in [5.41, 5.74) is 27.0. The van der Waals surface area contributed by atoms with Gasteiger partial charge in [0.1, 0.15) is 0 Å². The molecule has 4 radical (unpaired) electrons. The molecule has 10 heterocycles. The van der Waals surface area contributed by atoms with Crippen LogP contribution in [0, 0.1) is 55.5 Å². The summed E-state index contributed by atoms with van der Waals surface area (Å²) in [4.78, 5) is 34.3. The van der Waals surface area contributed by atoms with Crippen molar-refractivity contribution in [3.63, 3.8) is 0 Å². The molecule has 0 saturated heterocycles. The average Bonchev–Trinajstić information content (AvgIpc) is 1.69. The van der Waals surface area contributed by atoms with E-state index in [1.54, 1.807) is 59.9 Å². The molecule has 0 aliphatic carbocycles. The molecule has 0 spiro atoms. The number of benzene rings is 11. The van der Waals surface area contributed by atoms with E-state index in [4.69, 9.17) is 0 Å². The fraction of sp³-hybridized carbons (Fsp3) is 0.00885. The molecule has 0 amide bonds. The largest absolute Gasteiger partial charge is 0.305 e. The molecule has 10 aromatic heterocycles. The maximum absolute atomic E-state index is 4.41. The molecular weight excluding hydrogens is 2300 g/mol. The zero-order chi connectivity index (χ0) is 83.8. The Morgan fingerprint density at radius 3 is 0.890 bits per heavy atom. The summed E-state index contributed by atoms with van der Waals surface area (Å²) in [6.45, 7) is 2.07.